The molecular weight excluding hydrogens is 438 g/mol. The van der Waals surface area contributed by atoms with Gasteiger partial charge >= 0.3 is 6.18 Å². The molecule has 1 amide bonds. The van der Waals surface area contributed by atoms with E-state index in [1.54, 1.807) is 4.90 Å². The fourth-order valence-corrected chi connectivity index (χ4v) is 7.14. The van der Waals surface area contributed by atoms with Crippen LogP contribution in [-0.2, 0) is 4.79 Å². The molecule has 0 spiro atoms. The molecule has 10 heteroatoms. The number of amides is 1. The van der Waals surface area contributed by atoms with Crippen LogP contribution in [0.5, 0.6) is 0 Å². The third-order valence-electron chi connectivity index (χ3n) is 8.91. The molecule has 7 unspecified atom stereocenters. The second-order valence-corrected chi connectivity index (χ2v) is 11.0. The van der Waals surface area contributed by atoms with Gasteiger partial charge in [-0.2, -0.15) is 13.2 Å². The van der Waals surface area contributed by atoms with E-state index in [-0.39, 0.29) is 42.0 Å². The number of hydrogen-bond acceptors (Lipinski definition) is 5. The van der Waals surface area contributed by atoms with Crippen LogP contribution < -0.4 is 16.0 Å². The molecule has 5 rings (SSSR count). The van der Waals surface area contributed by atoms with E-state index in [0.29, 0.717) is 44.9 Å². The third kappa shape index (κ3) is 4.77. The lowest BCUT2D eigenvalue weighted by Gasteiger charge is -2.45. The van der Waals surface area contributed by atoms with E-state index in [0.717, 1.165) is 32.1 Å². The molecule has 6 nitrogen and oxygen atoms in total. The van der Waals surface area contributed by atoms with Gasteiger partial charge in [-0.3, -0.25) is 19.9 Å². The first-order valence-corrected chi connectivity index (χ1v) is 12.7. The van der Waals surface area contributed by atoms with Crippen LogP contribution >= 0.6 is 0 Å². The molecule has 5 aliphatic rings. The van der Waals surface area contributed by atoms with Crippen LogP contribution in [0, 0.1) is 11.8 Å². The number of halogens is 4. The molecule has 2 aliphatic carbocycles. The van der Waals surface area contributed by atoms with Gasteiger partial charge in [0.25, 0.3) is 0 Å². The molecule has 5 fully saturated rings. The lowest BCUT2D eigenvalue weighted by Crippen LogP contribution is -2.60. The summed E-state index contributed by atoms with van der Waals surface area (Å²) in [6, 6.07) is -0.0125. The van der Waals surface area contributed by atoms with Gasteiger partial charge in [0.1, 0.15) is 6.17 Å². The highest BCUT2D eigenvalue weighted by Gasteiger charge is 2.51. The Morgan fingerprint density at radius 2 is 1.88 bits per heavy atom. The molecule has 0 aromatic rings. The van der Waals surface area contributed by atoms with Crippen molar-refractivity contribution < 1.29 is 22.4 Å². The molecule has 3 saturated heterocycles. The molecule has 188 valence electrons. The number of piperazine rings is 1. The largest absolute Gasteiger partial charge is 0.417 e. The number of alkyl halides is 4. The highest BCUT2D eigenvalue weighted by molar-refractivity contribution is 5.82. The maximum Gasteiger partial charge on any atom is 0.417 e. The van der Waals surface area contributed by atoms with Crippen LogP contribution in [0.4, 0.5) is 17.6 Å². The molecular formula is C23H37F4N5O. The second kappa shape index (κ2) is 9.24. The summed E-state index contributed by atoms with van der Waals surface area (Å²) in [6.07, 6.45) is -0.816. The highest BCUT2D eigenvalue weighted by Crippen LogP contribution is 2.39. The lowest BCUT2D eigenvalue weighted by atomic mass is 9.77. The van der Waals surface area contributed by atoms with Gasteiger partial charge in [-0.1, -0.05) is 6.92 Å². The standard InChI is InChI=1S/C23H37F4N5O/c1-13-5-6-18(24)17-10-19(30-20(13)17)21(33)29-14-3-2-4-15(9-14)31-7-8-32-16(12-31)11-28-22(32)23(25,26)27/h13-20,22,28,30H,2-12H2,1H3,(H,29,33)/t13?,14-,15+,16?,17?,18?,19?,20?,22?/m1/s1. The first-order chi connectivity index (χ1) is 15.7. The first-order valence-electron chi connectivity index (χ1n) is 12.7. The number of hydrogen-bond donors (Lipinski definition) is 3. The Kier molecular flexibility index (Phi) is 6.65. The Morgan fingerprint density at radius 1 is 1.06 bits per heavy atom. The predicted molar refractivity (Wildman–Crippen MR) is 116 cm³/mol. The van der Waals surface area contributed by atoms with Crippen LogP contribution in [0.3, 0.4) is 0 Å². The Bertz CT molecular complexity index is 705. The Hall–Kier alpha value is -0.970. The van der Waals surface area contributed by atoms with E-state index in [1.165, 1.54) is 0 Å². The maximum absolute atomic E-state index is 14.4. The van der Waals surface area contributed by atoms with Gasteiger partial charge in [-0.15, -0.1) is 0 Å². The minimum Gasteiger partial charge on any atom is -0.352 e. The van der Waals surface area contributed by atoms with Gasteiger partial charge in [-0.25, -0.2) is 4.39 Å². The zero-order chi connectivity index (χ0) is 23.3. The van der Waals surface area contributed by atoms with Gasteiger partial charge in [0.15, 0.2) is 6.17 Å². The number of carbonyl (C=O) groups is 1. The zero-order valence-electron chi connectivity index (χ0n) is 19.3. The minimum atomic E-state index is -4.25. The topological polar surface area (TPSA) is 59.6 Å². The van der Waals surface area contributed by atoms with Crippen molar-refractivity contribution >= 4 is 5.91 Å². The third-order valence-corrected chi connectivity index (χ3v) is 8.91. The maximum atomic E-state index is 14.4. The van der Waals surface area contributed by atoms with Gasteiger partial charge in [0.05, 0.1) is 6.04 Å². The summed E-state index contributed by atoms with van der Waals surface area (Å²) in [5.41, 5.74) is 0. The van der Waals surface area contributed by atoms with E-state index < -0.39 is 18.5 Å². The van der Waals surface area contributed by atoms with Crippen molar-refractivity contribution in [3.05, 3.63) is 0 Å². The predicted octanol–water partition coefficient (Wildman–Crippen LogP) is 2.01. The highest BCUT2D eigenvalue weighted by atomic mass is 19.4. The number of fused-ring (bicyclic) bond motifs is 2. The van der Waals surface area contributed by atoms with Crippen molar-refractivity contribution in [1.29, 1.82) is 0 Å². The summed E-state index contributed by atoms with van der Waals surface area (Å²) in [7, 11) is 0. The van der Waals surface area contributed by atoms with Gasteiger partial charge in [-0.05, 0) is 50.9 Å². The summed E-state index contributed by atoms with van der Waals surface area (Å²) in [6.45, 7) is 4.16. The molecule has 9 atom stereocenters. The second-order valence-electron chi connectivity index (χ2n) is 11.0. The molecule has 0 bridgehead atoms. The number of carbonyl (C=O) groups excluding carboxylic acids is 1. The zero-order valence-corrected chi connectivity index (χ0v) is 19.3. The molecule has 2 saturated carbocycles. The summed E-state index contributed by atoms with van der Waals surface area (Å²) < 4.78 is 54.1. The van der Waals surface area contributed by atoms with Crippen LogP contribution in [0.15, 0.2) is 0 Å². The van der Waals surface area contributed by atoms with Crippen molar-refractivity contribution in [3.63, 3.8) is 0 Å². The van der Waals surface area contributed by atoms with E-state index in [1.807, 2.05) is 0 Å². The fraction of sp³-hybridized carbons (Fsp3) is 0.957. The van der Waals surface area contributed by atoms with Crippen LogP contribution in [0.1, 0.15) is 51.9 Å². The summed E-state index contributed by atoms with van der Waals surface area (Å²) in [5.74, 6) is 0.298. The number of nitrogens with zero attached hydrogens (tertiary/aromatic N) is 2. The van der Waals surface area contributed by atoms with E-state index >= 15 is 0 Å². The molecule has 3 heterocycles. The van der Waals surface area contributed by atoms with Crippen molar-refractivity contribution in [1.82, 2.24) is 25.8 Å². The normalized spacial score (nSPS) is 44.9. The SMILES string of the molecule is CC1CCC(F)C2CC(C(=O)N[C@@H]3CCC[C@H](N4CCN5C(CNC5C(F)(F)F)C4)C3)NC12. The van der Waals surface area contributed by atoms with Crippen molar-refractivity contribution in [3.8, 4) is 0 Å². The summed E-state index contributed by atoms with van der Waals surface area (Å²) in [4.78, 5) is 16.9. The monoisotopic (exact) mass is 475 g/mol. The summed E-state index contributed by atoms with van der Waals surface area (Å²) >= 11 is 0. The van der Waals surface area contributed by atoms with Crippen molar-refractivity contribution in [2.24, 2.45) is 11.8 Å². The van der Waals surface area contributed by atoms with Crippen LogP contribution in [0.2, 0.25) is 0 Å². The first kappa shape index (κ1) is 23.8. The van der Waals surface area contributed by atoms with Crippen LogP contribution in [0.25, 0.3) is 0 Å². The molecule has 33 heavy (non-hydrogen) atoms. The van der Waals surface area contributed by atoms with Crippen molar-refractivity contribution in [2.45, 2.75) is 101 Å². The average molecular weight is 476 g/mol. The van der Waals surface area contributed by atoms with Gasteiger partial charge < -0.3 is 10.6 Å². The number of nitrogens with one attached hydrogen (secondary N) is 3. The van der Waals surface area contributed by atoms with E-state index in [9.17, 15) is 22.4 Å². The lowest BCUT2D eigenvalue weighted by molar-refractivity contribution is -0.188. The number of rotatable bonds is 3. The van der Waals surface area contributed by atoms with Gasteiger partial charge in [0, 0.05) is 56.3 Å². The quantitative estimate of drug-likeness (QED) is 0.546. The minimum absolute atomic E-state index is 0.0210. The molecule has 3 aliphatic heterocycles. The molecule has 0 radical (unpaired) electrons. The van der Waals surface area contributed by atoms with E-state index in [4.69, 9.17) is 0 Å². The fourth-order valence-electron chi connectivity index (χ4n) is 7.14. The Balaban J connectivity index is 1.13. The molecule has 3 N–H and O–H groups in total. The molecule has 0 aromatic heterocycles. The average Bonchev–Trinajstić information content (AvgIpc) is 3.41. The van der Waals surface area contributed by atoms with E-state index in [2.05, 4.69) is 27.8 Å². The Labute approximate surface area is 193 Å². The smallest absolute Gasteiger partial charge is 0.352 e. The van der Waals surface area contributed by atoms with Crippen molar-refractivity contribution in [2.75, 3.05) is 26.2 Å². The van der Waals surface area contributed by atoms with Gasteiger partial charge in [0.2, 0.25) is 5.91 Å². The molecule has 0 aromatic carbocycles. The summed E-state index contributed by atoms with van der Waals surface area (Å²) in [5, 5.41) is 9.27. The van der Waals surface area contributed by atoms with Crippen LogP contribution in [-0.4, -0.2) is 90.6 Å². The Morgan fingerprint density at radius 3 is 2.64 bits per heavy atom.